The summed E-state index contributed by atoms with van der Waals surface area (Å²) >= 11 is 0. The van der Waals surface area contributed by atoms with Gasteiger partial charge in [0.1, 0.15) is 6.10 Å². The van der Waals surface area contributed by atoms with E-state index in [4.69, 9.17) is 5.11 Å². The zero-order valence-electron chi connectivity index (χ0n) is 6.95. The van der Waals surface area contributed by atoms with E-state index in [1.807, 2.05) is 0 Å². The van der Waals surface area contributed by atoms with E-state index in [0.29, 0.717) is 0 Å². The Morgan fingerprint density at radius 3 is 1.67 bits per heavy atom. The van der Waals surface area contributed by atoms with Crippen molar-refractivity contribution >= 4 is 0 Å². The van der Waals surface area contributed by atoms with Crippen LogP contribution in [0.25, 0.3) is 0 Å². The van der Waals surface area contributed by atoms with Crippen molar-refractivity contribution in [2.45, 2.75) is 12.5 Å². The SMILES string of the molecule is OC(c1c(F)c(F)cc(F)c1F)C(F)F. The second-order valence-corrected chi connectivity index (χ2v) is 2.66. The molecular formula is C8H4F6O. The van der Waals surface area contributed by atoms with Gasteiger partial charge in [-0.15, -0.1) is 0 Å². The average molecular weight is 230 g/mol. The van der Waals surface area contributed by atoms with Crippen LogP contribution < -0.4 is 0 Å². The molecule has 0 bridgehead atoms. The third-order valence-electron chi connectivity index (χ3n) is 1.68. The molecule has 0 aromatic heterocycles. The fraction of sp³-hybridized carbons (Fsp3) is 0.250. The van der Waals surface area contributed by atoms with E-state index in [-0.39, 0.29) is 6.07 Å². The Labute approximate surface area is 79.9 Å². The van der Waals surface area contributed by atoms with Crippen LogP contribution in [0.3, 0.4) is 0 Å². The molecule has 1 aromatic carbocycles. The Balaban J connectivity index is 3.39. The highest BCUT2D eigenvalue weighted by Gasteiger charge is 2.30. The maximum atomic E-state index is 12.8. The molecule has 84 valence electrons. The number of halogens is 6. The van der Waals surface area contributed by atoms with E-state index in [2.05, 4.69) is 0 Å². The fourth-order valence-corrected chi connectivity index (χ4v) is 0.977. The Morgan fingerprint density at radius 1 is 0.933 bits per heavy atom. The summed E-state index contributed by atoms with van der Waals surface area (Å²) < 4.78 is 74.4. The van der Waals surface area contributed by atoms with Gasteiger partial charge in [-0.1, -0.05) is 0 Å². The molecule has 1 N–H and O–H groups in total. The first-order chi connectivity index (χ1) is 6.86. The van der Waals surface area contributed by atoms with Crippen LogP contribution in [0.4, 0.5) is 26.3 Å². The number of benzene rings is 1. The van der Waals surface area contributed by atoms with Gasteiger partial charge in [-0.25, -0.2) is 26.3 Å². The highest BCUT2D eigenvalue weighted by Crippen LogP contribution is 2.28. The molecule has 1 atom stereocenters. The summed E-state index contributed by atoms with van der Waals surface area (Å²) in [5.74, 6) is -7.74. The van der Waals surface area contributed by atoms with Crippen LogP contribution in [0.5, 0.6) is 0 Å². The van der Waals surface area contributed by atoms with Crippen LogP contribution in [-0.4, -0.2) is 11.5 Å². The molecule has 0 heterocycles. The average Bonchev–Trinajstić information content (AvgIpc) is 2.15. The molecule has 15 heavy (non-hydrogen) atoms. The van der Waals surface area contributed by atoms with Gasteiger partial charge >= 0.3 is 0 Å². The van der Waals surface area contributed by atoms with Gasteiger partial charge < -0.3 is 5.11 Å². The second kappa shape index (κ2) is 4.09. The van der Waals surface area contributed by atoms with Crippen molar-refractivity contribution in [1.29, 1.82) is 0 Å². The third kappa shape index (κ3) is 2.06. The van der Waals surface area contributed by atoms with Gasteiger partial charge in [-0.05, 0) is 0 Å². The molecule has 0 saturated carbocycles. The van der Waals surface area contributed by atoms with E-state index in [1.165, 1.54) is 0 Å². The smallest absolute Gasteiger partial charge is 0.268 e. The lowest BCUT2D eigenvalue weighted by molar-refractivity contribution is -0.0105. The van der Waals surface area contributed by atoms with Crippen molar-refractivity contribution in [2.75, 3.05) is 0 Å². The Kier molecular flexibility index (Phi) is 3.23. The van der Waals surface area contributed by atoms with Crippen molar-refractivity contribution in [3.05, 3.63) is 34.9 Å². The number of hydrogen-bond donors (Lipinski definition) is 1. The van der Waals surface area contributed by atoms with Crippen molar-refractivity contribution in [3.8, 4) is 0 Å². The summed E-state index contributed by atoms with van der Waals surface area (Å²) in [6.07, 6.45) is -6.45. The second-order valence-electron chi connectivity index (χ2n) is 2.66. The van der Waals surface area contributed by atoms with Gasteiger partial charge in [0.15, 0.2) is 23.3 Å². The Hall–Kier alpha value is -1.24. The third-order valence-corrected chi connectivity index (χ3v) is 1.68. The van der Waals surface area contributed by atoms with Crippen LogP contribution in [0, 0.1) is 23.3 Å². The number of aliphatic hydroxyl groups is 1. The van der Waals surface area contributed by atoms with E-state index in [1.54, 1.807) is 0 Å². The van der Waals surface area contributed by atoms with Gasteiger partial charge in [-0.3, -0.25) is 0 Å². The molecule has 1 nitrogen and oxygen atoms in total. The number of alkyl halides is 2. The number of hydrogen-bond acceptors (Lipinski definition) is 1. The molecule has 1 rings (SSSR count). The quantitative estimate of drug-likeness (QED) is 0.611. The lowest BCUT2D eigenvalue weighted by atomic mass is 10.1. The molecule has 0 spiro atoms. The van der Waals surface area contributed by atoms with Crippen molar-refractivity contribution < 1.29 is 31.4 Å². The zero-order valence-corrected chi connectivity index (χ0v) is 6.95. The van der Waals surface area contributed by atoms with Crippen LogP contribution in [0.2, 0.25) is 0 Å². The topological polar surface area (TPSA) is 20.2 Å². The minimum atomic E-state index is -3.55. The van der Waals surface area contributed by atoms with Gasteiger partial charge in [0.25, 0.3) is 6.43 Å². The van der Waals surface area contributed by atoms with Gasteiger partial charge in [-0.2, -0.15) is 0 Å². The molecule has 0 aliphatic heterocycles. The lowest BCUT2D eigenvalue weighted by Gasteiger charge is -2.12. The van der Waals surface area contributed by atoms with Crippen LogP contribution in [0.15, 0.2) is 6.07 Å². The fourth-order valence-electron chi connectivity index (χ4n) is 0.977. The maximum absolute atomic E-state index is 12.8. The summed E-state index contributed by atoms with van der Waals surface area (Å²) in [4.78, 5) is 0. The minimum Gasteiger partial charge on any atom is -0.382 e. The lowest BCUT2D eigenvalue weighted by Crippen LogP contribution is -2.14. The van der Waals surface area contributed by atoms with Gasteiger partial charge in [0.2, 0.25) is 0 Å². The van der Waals surface area contributed by atoms with Crippen molar-refractivity contribution in [1.82, 2.24) is 0 Å². The van der Waals surface area contributed by atoms with Gasteiger partial charge in [0.05, 0.1) is 5.56 Å². The zero-order chi connectivity index (χ0) is 11.7. The largest absolute Gasteiger partial charge is 0.382 e. The molecule has 0 saturated heterocycles. The van der Waals surface area contributed by atoms with Crippen LogP contribution >= 0.6 is 0 Å². The van der Waals surface area contributed by atoms with E-state index < -0.39 is 41.4 Å². The summed E-state index contributed by atoms with van der Waals surface area (Å²) in [5.41, 5.74) is -1.71. The highest BCUT2D eigenvalue weighted by molar-refractivity contribution is 5.25. The molecule has 0 radical (unpaired) electrons. The van der Waals surface area contributed by atoms with Crippen LogP contribution in [0.1, 0.15) is 11.7 Å². The standard InChI is InChI=1S/C8H4F6O/c9-2-1-3(10)6(12)4(5(2)11)7(15)8(13)14/h1,7-8,15H. The number of aliphatic hydroxyl groups excluding tert-OH is 1. The Morgan fingerprint density at radius 2 is 1.33 bits per heavy atom. The molecule has 0 aliphatic carbocycles. The number of rotatable bonds is 2. The van der Waals surface area contributed by atoms with Crippen molar-refractivity contribution in [3.63, 3.8) is 0 Å². The van der Waals surface area contributed by atoms with Gasteiger partial charge in [0, 0.05) is 6.07 Å². The molecule has 0 fully saturated rings. The monoisotopic (exact) mass is 230 g/mol. The highest BCUT2D eigenvalue weighted by atomic mass is 19.3. The van der Waals surface area contributed by atoms with E-state index >= 15 is 0 Å². The van der Waals surface area contributed by atoms with E-state index in [0.717, 1.165) is 0 Å². The molecular weight excluding hydrogens is 226 g/mol. The molecule has 1 unspecified atom stereocenters. The molecule has 0 amide bonds. The van der Waals surface area contributed by atoms with Crippen LogP contribution in [-0.2, 0) is 0 Å². The predicted molar refractivity (Wildman–Crippen MR) is 37.2 cm³/mol. The summed E-state index contributed by atoms with van der Waals surface area (Å²) in [6.45, 7) is 0. The molecule has 1 aromatic rings. The molecule has 7 heteroatoms. The summed E-state index contributed by atoms with van der Waals surface area (Å²) in [5, 5.41) is 8.64. The first-order valence-electron chi connectivity index (χ1n) is 3.65. The van der Waals surface area contributed by atoms with Crippen molar-refractivity contribution in [2.24, 2.45) is 0 Å². The summed E-state index contributed by atoms with van der Waals surface area (Å²) in [7, 11) is 0. The van der Waals surface area contributed by atoms with E-state index in [9.17, 15) is 26.3 Å². The summed E-state index contributed by atoms with van der Waals surface area (Å²) in [6, 6.07) is -0.133. The Bertz CT molecular complexity index is 352. The predicted octanol–water partition coefficient (Wildman–Crippen LogP) is 2.54. The first kappa shape index (κ1) is 11.8. The minimum absolute atomic E-state index is 0.133. The molecule has 0 aliphatic rings. The normalized spacial score (nSPS) is 13.3. The first-order valence-corrected chi connectivity index (χ1v) is 3.65. The maximum Gasteiger partial charge on any atom is 0.268 e.